The maximum Gasteiger partial charge on any atom is 0.286 e. The van der Waals surface area contributed by atoms with Crippen LogP contribution in [0.15, 0.2) is 52.1 Å². The van der Waals surface area contributed by atoms with E-state index in [1.165, 1.54) is 18.2 Å². The average Bonchev–Trinajstić information content (AvgIpc) is 3.09. The van der Waals surface area contributed by atoms with Crippen molar-refractivity contribution in [3.05, 3.63) is 70.6 Å². The molecule has 3 rings (SSSR count). The summed E-state index contributed by atoms with van der Waals surface area (Å²) in [7, 11) is 0. The number of ketones is 1. The van der Waals surface area contributed by atoms with Crippen LogP contribution in [0.4, 0.5) is 4.39 Å². The lowest BCUT2D eigenvalue weighted by atomic mass is 9.88. The molecule has 6 nitrogen and oxygen atoms in total. The van der Waals surface area contributed by atoms with E-state index < -0.39 is 23.4 Å². The smallest absolute Gasteiger partial charge is 0.286 e. The van der Waals surface area contributed by atoms with Gasteiger partial charge in [-0.15, -0.1) is 0 Å². The fraction of sp³-hybridized carbons (Fsp3) is 0.263. The van der Waals surface area contributed by atoms with Crippen LogP contribution in [0.2, 0.25) is 0 Å². The SMILES string of the molecule is O=C1NCC(CCO)C(C(=O)c2ccc(Cc3ccc(F)cc3)o2)=C1O. The molecule has 136 valence electrons. The number of hydrogen-bond donors (Lipinski definition) is 3. The standard InChI is InChI=1S/C19H18FNO5/c20-13-3-1-11(2-4-13)9-14-5-6-15(26-14)17(23)16-12(7-8-22)10-21-19(25)18(16)24/h1-6,12,22,24H,7-10H2,(H,21,25). The van der Waals surface area contributed by atoms with Gasteiger partial charge in [0, 0.05) is 25.5 Å². The third-order valence-corrected chi connectivity index (χ3v) is 4.29. The summed E-state index contributed by atoms with van der Waals surface area (Å²) in [5.41, 5.74) is 0.766. The zero-order chi connectivity index (χ0) is 18.7. The number of furan rings is 1. The molecule has 0 saturated carbocycles. The minimum absolute atomic E-state index is 0.00121. The van der Waals surface area contributed by atoms with E-state index in [1.54, 1.807) is 18.2 Å². The van der Waals surface area contributed by atoms with Crippen LogP contribution in [0.5, 0.6) is 0 Å². The van der Waals surface area contributed by atoms with Crippen LogP contribution in [0.25, 0.3) is 0 Å². The third kappa shape index (κ3) is 3.67. The first-order valence-corrected chi connectivity index (χ1v) is 8.19. The summed E-state index contributed by atoms with van der Waals surface area (Å²) in [4.78, 5) is 24.4. The number of hydrogen-bond acceptors (Lipinski definition) is 5. The van der Waals surface area contributed by atoms with Crippen LogP contribution in [0.1, 0.15) is 28.3 Å². The van der Waals surface area contributed by atoms with Gasteiger partial charge in [-0.3, -0.25) is 9.59 Å². The van der Waals surface area contributed by atoms with E-state index in [1.807, 2.05) is 0 Å². The van der Waals surface area contributed by atoms with Crippen molar-refractivity contribution >= 4 is 11.7 Å². The molecule has 1 atom stereocenters. The average molecular weight is 359 g/mol. The first-order valence-electron chi connectivity index (χ1n) is 8.19. The lowest BCUT2D eigenvalue weighted by Gasteiger charge is -2.24. The molecule has 7 heteroatoms. The maximum atomic E-state index is 13.0. The van der Waals surface area contributed by atoms with Crippen LogP contribution in [0.3, 0.4) is 0 Å². The van der Waals surface area contributed by atoms with Crippen LogP contribution in [-0.4, -0.2) is 35.1 Å². The number of benzene rings is 1. The Hall–Kier alpha value is -2.93. The molecule has 1 aromatic carbocycles. The number of Topliss-reactive ketones (excluding diaryl/α,β-unsaturated/α-hetero) is 1. The molecule has 0 spiro atoms. The Kier molecular flexibility index (Phi) is 5.18. The van der Waals surface area contributed by atoms with Crippen molar-refractivity contribution in [2.75, 3.05) is 13.2 Å². The topological polar surface area (TPSA) is 99.8 Å². The quantitative estimate of drug-likeness (QED) is 0.686. The van der Waals surface area contributed by atoms with Crippen LogP contribution in [-0.2, 0) is 11.2 Å². The number of amides is 1. The molecule has 1 amide bonds. The van der Waals surface area contributed by atoms with E-state index >= 15 is 0 Å². The minimum atomic E-state index is -0.722. The van der Waals surface area contributed by atoms with E-state index in [4.69, 9.17) is 9.52 Å². The normalized spacial score (nSPS) is 17.3. The molecule has 2 aromatic rings. The number of carbonyl (C=O) groups excluding carboxylic acids is 2. The Bertz CT molecular complexity index is 853. The highest BCUT2D eigenvalue weighted by molar-refractivity contribution is 6.12. The molecule has 3 N–H and O–H groups in total. The predicted molar refractivity (Wildman–Crippen MR) is 90.1 cm³/mol. The van der Waals surface area contributed by atoms with Gasteiger partial charge in [0.05, 0.1) is 5.57 Å². The lowest BCUT2D eigenvalue weighted by Crippen LogP contribution is -2.40. The number of nitrogens with one attached hydrogen (secondary N) is 1. The van der Waals surface area contributed by atoms with E-state index in [-0.39, 0.29) is 36.7 Å². The number of aliphatic hydroxyl groups excluding tert-OH is 2. The third-order valence-electron chi connectivity index (χ3n) is 4.29. The number of halogens is 1. The number of rotatable bonds is 6. The fourth-order valence-corrected chi connectivity index (χ4v) is 2.94. The van der Waals surface area contributed by atoms with Gasteiger partial charge < -0.3 is 19.9 Å². The summed E-state index contributed by atoms with van der Waals surface area (Å²) in [6.07, 6.45) is 0.605. The highest BCUT2D eigenvalue weighted by atomic mass is 19.1. The molecular weight excluding hydrogens is 341 g/mol. The monoisotopic (exact) mass is 359 g/mol. The molecule has 1 unspecified atom stereocenters. The minimum Gasteiger partial charge on any atom is -0.503 e. The predicted octanol–water partition coefficient (Wildman–Crippen LogP) is 2.13. The summed E-state index contributed by atoms with van der Waals surface area (Å²) < 4.78 is 18.5. The second kappa shape index (κ2) is 7.53. The molecule has 1 aromatic heterocycles. The van der Waals surface area contributed by atoms with Gasteiger partial charge in [0.25, 0.3) is 5.91 Å². The van der Waals surface area contributed by atoms with Crippen molar-refractivity contribution in [3.63, 3.8) is 0 Å². The van der Waals surface area contributed by atoms with Gasteiger partial charge in [-0.2, -0.15) is 0 Å². The fourth-order valence-electron chi connectivity index (χ4n) is 2.94. The van der Waals surface area contributed by atoms with Crippen molar-refractivity contribution in [2.45, 2.75) is 12.8 Å². The molecule has 26 heavy (non-hydrogen) atoms. The zero-order valence-electron chi connectivity index (χ0n) is 13.9. The van der Waals surface area contributed by atoms with E-state index in [0.29, 0.717) is 12.2 Å². The second-order valence-corrected chi connectivity index (χ2v) is 6.08. The van der Waals surface area contributed by atoms with Gasteiger partial charge in [-0.1, -0.05) is 12.1 Å². The first kappa shape index (κ1) is 17.9. The van der Waals surface area contributed by atoms with Crippen molar-refractivity contribution < 1.29 is 28.6 Å². The summed E-state index contributed by atoms with van der Waals surface area (Å²) in [6.45, 7) is -0.0216. The number of aliphatic hydroxyl groups is 2. The Morgan fingerprint density at radius 2 is 1.96 bits per heavy atom. The van der Waals surface area contributed by atoms with E-state index in [0.717, 1.165) is 5.56 Å². The molecule has 1 aliphatic heterocycles. The van der Waals surface area contributed by atoms with Gasteiger partial charge in [-0.25, -0.2) is 4.39 Å². The highest BCUT2D eigenvalue weighted by Crippen LogP contribution is 2.26. The maximum absolute atomic E-state index is 13.0. The summed E-state index contributed by atoms with van der Waals surface area (Å²) in [5.74, 6) is -2.27. The second-order valence-electron chi connectivity index (χ2n) is 6.08. The molecule has 0 aliphatic carbocycles. The molecule has 0 saturated heterocycles. The molecular formula is C19H18FNO5. The Labute approximate surface area is 148 Å². The first-order chi connectivity index (χ1) is 12.5. The zero-order valence-corrected chi connectivity index (χ0v) is 13.9. The van der Waals surface area contributed by atoms with Gasteiger partial charge in [-0.05, 0) is 36.2 Å². The largest absolute Gasteiger partial charge is 0.503 e. The summed E-state index contributed by atoms with van der Waals surface area (Å²) in [6, 6.07) is 9.02. The van der Waals surface area contributed by atoms with E-state index in [9.17, 15) is 19.1 Å². The van der Waals surface area contributed by atoms with Gasteiger partial charge in [0.1, 0.15) is 11.6 Å². The Morgan fingerprint density at radius 3 is 2.65 bits per heavy atom. The number of carbonyl (C=O) groups is 2. The van der Waals surface area contributed by atoms with Crippen molar-refractivity contribution in [3.8, 4) is 0 Å². The highest BCUT2D eigenvalue weighted by Gasteiger charge is 2.34. The molecule has 2 heterocycles. The molecule has 0 fully saturated rings. The molecule has 0 bridgehead atoms. The van der Waals surface area contributed by atoms with Crippen LogP contribution in [0, 0.1) is 11.7 Å². The van der Waals surface area contributed by atoms with Crippen molar-refractivity contribution in [1.29, 1.82) is 0 Å². The Balaban J connectivity index is 1.83. The van der Waals surface area contributed by atoms with Gasteiger partial charge in [0.15, 0.2) is 11.5 Å². The molecule has 0 radical (unpaired) electrons. The van der Waals surface area contributed by atoms with Crippen molar-refractivity contribution in [1.82, 2.24) is 5.32 Å². The lowest BCUT2D eigenvalue weighted by molar-refractivity contribution is -0.120. The van der Waals surface area contributed by atoms with Crippen LogP contribution < -0.4 is 5.32 Å². The summed E-state index contributed by atoms with van der Waals surface area (Å²) >= 11 is 0. The van der Waals surface area contributed by atoms with Gasteiger partial charge >= 0.3 is 0 Å². The van der Waals surface area contributed by atoms with Gasteiger partial charge in [0.2, 0.25) is 5.78 Å². The van der Waals surface area contributed by atoms with Crippen LogP contribution >= 0.6 is 0 Å². The van der Waals surface area contributed by atoms with Crippen molar-refractivity contribution in [2.24, 2.45) is 5.92 Å². The Morgan fingerprint density at radius 1 is 1.23 bits per heavy atom. The summed E-state index contributed by atoms with van der Waals surface area (Å²) in [5, 5.41) is 21.6. The molecule has 1 aliphatic rings. The van der Waals surface area contributed by atoms with E-state index in [2.05, 4.69) is 5.32 Å².